The van der Waals surface area contributed by atoms with Gasteiger partial charge in [0.1, 0.15) is 11.5 Å². The van der Waals surface area contributed by atoms with E-state index in [1.807, 2.05) is 0 Å². The van der Waals surface area contributed by atoms with Gasteiger partial charge in [0.25, 0.3) is 0 Å². The molecule has 4 N–H and O–H groups in total. The Morgan fingerprint density at radius 3 is 2.52 bits per heavy atom. The second kappa shape index (κ2) is 7.68. The number of nitrogens with two attached hydrogens (primary N) is 1. The Bertz CT molecular complexity index is 695. The molecule has 0 aromatic heterocycles. The molecular weight excluding hydrogens is 290 g/mol. The molecular formula is C19H23NO3. The number of rotatable bonds is 7. The number of benzene rings is 2. The number of unbranched alkanes of at least 4 members (excludes halogenated alkanes) is 3. The van der Waals surface area contributed by atoms with Crippen molar-refractivity contribution in [1.29, 1.82) is 0 Å². The molecule has 0 unspecified atom stereocenters. The molecule has 2 aromatic rings. The minimum absolute atomic E-state index is 0.0307. The Hall–Kier alpha value is -2.49. The van der Waals surface area contributed by atoms with Crippen LogP contribution in [0.2, 0.25) is 0 Å². The van der Waals surface area contributed by atoms with Gasteiger partial charge in [-0.2, -0.15) is 0 Å². The summed E-state index contributed by atoms with van der Waals surface area (Å²) in [6, 6.07) is 9.47. The van der Waals surface area contributed by atoms with Gasteiger partial charge in [0.05, 0.1) is 5.56 Å². The maximum absolute atomic E-state index is 12.6. The minimum Gasteiger partial charge on any atom is -0.508 e. The molecule has 0 saturated carbocycles. The first kappa shape index (κ1) is 16.9. The number of phenols is 2. The third-order valence-electron chi connectivity index (χ3n) is 3.89. The highest BCUT2D eigenvalue weighted by molar-refractivity contribution is 6.11. The first-order valence-corrected chi connectivity index (χ1v) is 7.98. The van der Waals surface area contributed by atoms with Gasteiger partial charge in [-0.3, -0.25) is 4.79 Å². The highest BCUT2D eigenvalue weighted by Crippen LogP contribution is 2.30. The molecule has 4 heteroatoms. The Morgan fingerprint density at radius 1 is 1.04 bits per heavy atom. The number of aryl methyl sites for hydroxylation is 1. The van der Waals surface area contributed by atoms with Crippen molar-refractivity contribution in [3.63, 3.8) is 0 Å². The van der Waals surface area contributed by atoms with Crippen LogP contribution >= 0.6 is 0 Å². The fourth-order valence-corrected chi connectivity index (χ4v) is 2.58. The standard InChI is InChI=1S/C19H23NO3/c1-2-3-4-5-7-13-11-16(18(22)12-17(13)21)19(23)14-8-6-9-15(20)10-14/h6,8-12,21-22H,2-5,7,20H2,1H3. The molecule has 0 saturated heterocycles. The first-order valence-electron chi connectivity index (χ1n) is 7.98. The van der Waals surface area contributed by atoms with Gasteiger partial charge in [-0.15, -0.1) is 0 Å². The molecule has 2 aromatic carbocycles. The lowest BCUT2D eigenvalue weighted by molar-refractivity contribution is 0.103. The molecule has 0 heterocycles. The van der Waals surface area contributed by atoms with Crippen LogP contribution in [0.5, 0.6) is 11.5 Å². The van der Waals surface area contributed by atoms with Crippen LogP contribution in [0.3, 0.4) is 0 Å². The number of hydrogen-bond acceptors (Lipinski definition) is 4. The van der Waals surface area contributed by atoms with Crippen molar-refractivity contribution in [3.05, 3.63) is 53.1 Å². The van der Waals surface area contributed by atoms with Crippen molar-refractivity contribution in [3.8, 4) is 11.5 Å². The molecule has 0 aliphatic heterocycles. The van der Waals surface area contributed by atoms with E-state index in [0.29, 0.717) is 23.2 Å². The number of ketones is 1. The number of carbonyl (C=O) groups excluding carboxylic acids is 1. The SMILES string of the molecule is CCCCCCc1cc(C(=O)c2cccc(N)c2)c(O)cc1O. The number of aromatic hydroxyl groups is 2. The van der Waals surface area contributed by atoms with Crippen molar-refractivity contribution < 1.29 is 15.0 Å². The molecule has 0 amide bonds. The average Bonchev–Trinajstić information content (AvgIpc) is 2.52. The van der Waals surface area contributed by atoms with Gasteiger partial charge in [-0.1, -0.05) is 38.3 Å². The van der Waals surface area contributed by atoms with E-state index in [1.54, 1.807) is 30.3 Å². The van der Waals surface area contributed by atoms with Gasteiger partial charge < -0.3 is 15.9 Å². The van der Waals surface area contributed by atoms with E-state index in [4.69, 9.17) is 5.73 Å². The third kappa shape index (κ3) is 4.25. The van der Waals surface area contributed by atoms with Crippen LogP contribution in [-0.2, 0) is 6.42 Å². The predicted molar refractivity (Wildman–Crippen MR) is 91.9 cm³/mol. The van der Waals surface area contributed by atoms with Crippen LogP contribution in [0, 0.1) is 0 Å². The molecule has 0 atom stereocenters. The quantitative estimate of drug-likeness (QED) is 0.409. The van der Waals surface area contributed by atoms with Crippen LogP contribution in [0.4, 0.5) is 5.69 Å². The number of carbonyl (C=O) groups is 1. The number of phenolic OH excluding ortho intramolecular Hbond substituents is 2. The van der Waals surface area contributed by atoms with E-state index in [9.17, 15) is 15.0 Å². The molecule has 0 fully saturated rings. The molecule has 0 bridgehead atoms. The fourth-order valence-electron chi connectivity index (χ4n) is 2.58. The van der Waals surface area contributed by atoms with Gasteiger partial charge >= 0.3 is 0 Å². The summed E-state index contributed by atoms with van der Waals surface area (Å²) in [5.41, 5.74) is 7.50. The zero-order valence-electron chi connectivity index (χ0n) is 13.4. The number of anilines is 1. The van der Waals surface area contributed by atoms with Crippen LogP contribution in [0.1, 0.15) is 54.1 Å². The number of nitrogen functional groups attached to an aromatic ring is 1. The zero-order valence-corrected chi connectivity index (χ0v) is 13.4. The molecule has 0 spiro atoms. The van der Waals surface area contributed by atoms with Crippen molar-refractivity contribution >= 4 is 11.5 Å². The average molecular weight is 313 g/mol. The van der Waals surface area contributed by atoms with Crippen molar-refractivity contribution in [2.75, 3.05) is 5.73 Å². The lowest BCUT2D eigenvalue weighted by Crippen LogP contribution is -2.04. The van der Waals surface area contributed by atoms with Crippen LogP contribution in [-0.4, -0.2) is 16.0 Å². The van der Waals surface area contributed by atoms with Crippen molar-refractivity contribution in [2.45, 2.75) is 39.0 Å². The molecule has 2 rings (SSSR count). The summed E-state index contributed by atoms with van der Waals surface area (Å²) in [5.74, 6) is -0.486. The van der Waals surface area contributed by atoms with Gasteiger partial charge in [0, 0.05) is 17.3 Å². The van der Waals surface area contributed by atoms with E-state index in [0.717, 1.165) is 25.7 Å². The second-order valence-electron chi connectivity index (χ2n) is 5.76. The molecule has 23 heavy (non-hydrogen) atoms. The monoisotopic (exact) mass is 313 g/mol. The smallest absolute Gasteiger partial charge is 0.196 e. The fraction of sp³-hybridized carbons (Fsp3) is 0.316. The second-order valence-corrected chi connectivity index (χ2v) is 5.76. The van der Waals surface area contributed by atoms with E-state index >= 15 is 0 Å². The largest absolute Gasteiger partial charge is 0.508 e. The summed E-state index contributed by atoms with van der Waals surface area (Å²) in [6.45, 7) is 2.14. The molecule has 0 radical (unpaired) electrons. The number of hydrogen-bond donors (Lipinski definition) is 3. The Kier molecular flexibility index (Phi) is 5.63. The van der Waals surface area contributed by atoms with Gasteiger partial charge in [0.15, 0.2) is 5.78 Å². The third-order valence-corrected chi connectivity index (χ3v) is 3.89. The van der Waals surface area contributed by atoms with E-state index in [-0.39, 0.29) is 22.8 Å². The Balaban J connectivity index is 2.25. The van der Waals surface area contributed by atoms with Crippen molar-refractivity contribution in [1.82, 2.24) is 0 Å². The summed E-state index contributed by atoms with van der Waals surface area (Å²) in [7, 11) is 0. The van der Waals surface area contributed by atoms with Crippen molar-refractivity contribution in [2.24, 2.45) is 0 Å². The summed E-state index contributed by atoms with van der Waals surface area (Å²) < 4.78 is 0. The summed E-state index contributed by atoms with van der Waals surface area (Å²) >= 11 is 0. The lowest BCUT2D eigenvalue weighted by Gasteiger charge is -2.10. The lowest BCUT2D eigenvalue weighted by atomic mass is 9.97. The summed E-state index contributed by atoms with van der Waals surface area (Å²) in [6.07, 6.45) is 4.99. The maximum atomic E-state index is 12.6. The van der Waals surface area contributed by atoms with Crippen LogP contribution in [0.25, 0.3) is 0 Å². The van der Waals surface area contributed by atoms with Crippen LogP contribution < -0.4 is 5.73 Å². The normalized spacial score (nSPS) is 10.7. The van der Waals surface area contributed by atoms with E-state index in [2.05, 4.69) is 6.92 Å². The van der Waals surface area contributed by atoms with E-state index < -0.39 is 0 Å². The van der Waals surface area contributed by atoms with Crippen LogP contribution in [0.15, 0.2) is 36.4 Å². The first-order chi connectivity index (χ1) is 11.0. The van der Waals surface area contributed by atoms with E-state index in [1.165, 1.54) is 6.07 Å². The summed E-state index contributed by atoms with van der Waals surface area (Å²) in [4.78, 5) is 12.6. The molecule has 0 aliphatic carbocycles. The van der Waals surface area contributed by atoms with Gasteiger partial charge in [-0.25, -0.2) is 0 Å². The summed E-state index contributed by atoms with van der Waals surface area (Å²) in [5, 5.41) is 20.0. The maximum Gasteiger partial charge on any atom is 0.196 e. The molecule has 4 nitrogen and oxygen atoms in total. The highest BCUT2D eigenvalue weighted by Gasteiger charge is 2.17. The zero-order chi connectivity index (χ0) is 16.8. The Morgan fingerprint density at radius 2 is 1.83 bits per heavy atom. The van der Waals surface area contributed by atoms with Gasteiger partial charge in [0.2, 0.25) is 0 Å². The highest BCUT2D eigenvalue weighted by atomic mass is 16.3. The minimum atomic E-state index is -0.301. The Labute approximate surface area is 136 Å². The molecule has 0 aliphatic rings. The molecule has 122 valence electrons. The predicted octanol–water partition coefficient (Wildman–Crippen LogP) is 4.03. The topological polar surface area (TPSA) is 83.6 Å². The van der Waals surface area contributed by atoms with Gasteiger partial charge in [-0.05, 0) is 36.6 Å².